The maximum Gasteiger partial charge on any atom is 0.0294 e. The molecule has 3 saturated carbocycles. The van der Waals surface area contributed by atoms with E-state index < -0.39 is 0 Å². The summed E-state index contributed by atoms with van der Waals surface area (Å²) in [5.41, 5.74) is 4.73. The monoisotopic (exact) mass is 267 g/mol. The molecule has 1 nitrogen and oxygen atoms in total. The molecule has 5 unspecified atom stereocenters. The Balaban J connectivity index is 1.31. The third kappa shape index (κ3) is 1.59. The summed E-state index contributed by atoms with van der Waals surface area (Å²) in [6.07, 6.45) is 8.56. The van der Waals surface area contributed by atoms with Crippen LogP contribution >= 0.6 is 0 Å². The van der Waals surface area contributed by atoms with Crippen molar-refractivity contribution >= 4 is 0 Å². The summed E-state index contributed by atoms with van der Waals surface area (Å²) >= 11 is 0. The van der Waals surface area contributed by atoms with Crippen molar-refractivity contribution < 1.29 is 0 Å². The molecule has 1 heteroatoms. The molecule has 3 fully saturated rings. The fourth-order valence-electron chi connectivity index (χ4n) is 5.79. The Hall–Kier alpha value is -0.820. The molecule has 1 aromatic carbocycles. The van der Waals surface area contributed by atoms with Crippen LogP contribution in [0.5, 0.6) is 0 Å². The lowest BCUT2D eigenvalue weighted by molar-refractivity contribution is 0.433. The summed E-state index contributed by atoms with van der Waals surface area (Å²) in [5.74, 6) is 4.25. The average Bonchev–Trinajstić information content (AvgIpc) is 2.92. The second-order valence-electron chi connectivity index (χ2n) is 7.78. The SMILES string of the molecule is CC(NC1C2C3CCC(C3)C12)c1ccc2c(c1)CCC2. The van der Waals surface area contributed by atoms with Crippen LogP contribution < -0.4 is 5.32 Å². The normalized spacial score (nSPS) is 41.5. The van der Waals surface area contributed by atoms with Crippen LogP contribution in [0.25, 0.3) is 0 Å². The lowest BCUT2D eigenvalue weighted by atomic mass is 10.0. The van der Waals surface area contributed by atoms with Gasteiger partial charge in [0, 0.05) is 12.1 Å². The van der Waals surface area contributed by atoms with Crippen molar-refractivity contribution in [1.29, 1.82) is 0 Å². The van der Waals surface area contributed by atoms with E-state index in [0.717, 1.165) is 29.7 Å². The molecule has 20 heavy (non-hydrogen) atoms. The highest BCUT2D eigenvalue weighted by molar-refractivity contribution is 5.36. The van der Waals surface area contributed by atoms with Crippen molar-refractivity contribution in [2.24, 2.45) is 23.7 Å². The molecule has 0 aliphatic heterocycles. The van der Waals surface area contributed by atoms with Crippen LogP contribution in [0.2, 0.25) is 0 Å². The second-order valence-corrected chi connectivity index (χ2v) is 7.78. The number of fused-ring (bicyclic) bond motifs is 6. The van der Waals surface area contributed by atoms with Crippen LogP contribution in [0.3, 0.4) is 0 Å². The minimum absolute atomic E-state index is 0.538. The van der Waals surface area contributed by atoms with Crippen molar-refractivity contribution in [3.63, 3.8) is 0 Å². The lowest BCUT2D eigenvalue weighted by Crippen LogP contribution is -2.26. The van der Waals surface area contributed by atoms with Crippen LogP contribution in [0.4, 0.5) is 0 Å². The predicted octanol–water partition coefficient (Wildman–Crippen LogP) is 3.87. The van der Waals surface area contributed by atoms with Crippen molar-refractivity contribution in [3.8, 4) is 0 Å². The molecular weight excluding hydrogens is 242 g/mol. The number of rotatable bonds is 3. The zero-order chi connectivity index (χ0) is 13.3. The maximum atomic E-state index is 3.96. The van der Waals surface area contributed by atoms with Gasteiger partial charge >= 0.3 is 0 Å². The molecule has 4 aliphatic carbocycles. The van der Waals surface area contributed by atoms with Gasteiger partial charge in [-0.25, -0.2) is 0 Å². The Morgan fingerprint density at radius 2 is 1.80 bits per heavy atom. The Morgan fingerprint density at radius 3 is 2.60 bits per heavy atom. The van der Waals surface area contributed by atoms with Gasteiger partial charge in [-0.15, -0.1) is 0 Å². The van der Waals surface area contributed by atoms with Crippen molar-refractivity contribution in [3.05, 3.63) is 34.9 Å². The van der Waals surface area contributed by atoms with Gasteiger partial charge in [0.2, 0.25) is 0 Å². The molecule has 0 aromatic heterocycles. The van der Waals surface area contributed by atoms with E-state index in [0.29, 0.717) is 6.04 Å². The summed E-state index contributed by atoms with van der Waals surface area (Å²) < 4.78 is 0. The molecule has 1 N–H and O–H groups in total. The summed E-state index contributed by atoms with van der Waals surface area (Å²) in [5, 5.41) is 3.96. The molecule has 0 radical (unpaired) electrons. The van der Waals surface area contributed by atoms with Gasteiger partial charge in [0.05, 0.1) is 0 Å². The summed E-state index contributed by atoms with van der Waals surface area (Å²) in [4.78, 5) is 0. The van der Waals surface area contributed by atoms with Crippen LogP contribution in [0, 0.1) is 23.7 Å². The quantitative estimate of drug-likeness (QED) is 0.876. The Bertz CT molecular complexity index is 533. The fourth-order valence-corrected chi connectivity index (χ4v) is 5.79. The average molecular weight is 267 g/mol. The Kier molecular flexibility index (Phi) is 2.42. The van der Waals surface area contributed by atoms with E-state index in [4.69, 9.17) is 0 Å². The van der Waals surface area contributed by atoms with Crippen molar-refractivity contribution in [1.82, 2.24) is 5.32 Å². The smallest absolute Gasteiger partial charge is 0.0294 e. The summed E-state index contributed by atoms with van der Waals surface area (Å²) in [6, 6.07) is 8.62. The molecule has 106 valence electrons. The molecule has 5 rings (SSSR count). The van der Waals surface area contributed by atoms with E-state index in [1.807, 2.05) is 0 Å². The van der Waals surface area contributed by atoms with Crippen LogP contribution in [-0.4, -0.2) is 6.04 Å². The fraction of sp³-hybridized carbons (Fsp3) is 0.684. The van der Waals surface area contributed by atoms with E-state index in [-0.39, 0.29) is 0 Å². The summed E-state index contributed by atoms with van der Waals surface area (Å²) in [6.45, 7) is 2.37. The minimum Gasteiger partial charge on any atom is -0.307 e. The first-order valence-corrected chi connectivity index (χ1v) is 8.69. The molecule has 1 aromatic rings. The van der Waals surface area contributed by atoms with Crippen molar-refractivity contribution in [2.75, 3.05) is 0 Å². The topological polar surface area (TPSA) is 12.0 Å². The first-order valence-electron chi connectivity index (χ1n) is 8.69. The molecule has 0 amide bonds. The van der Waals surface area contributed by atoms with Gasteiger partial charge < -0.3 is 5.32 Å². The Labute approximate surface area is 122 Å². The zero-order valence-electron chi connectivity index (χ0n) is 12.4. The minimum atomic E-state index is 0.538. The molecule has 0 spiro atoms. The van der Waals surface area contributed by atoms with Gasteiger partial charge in [-0.1, -0.05) is 18.2 Å². The highest BCUT2D eigenvalue weighted by Gasteiger charge is 2.64. The lowest BCUT2D eigenvalue weighted by Gasteiger charge is -2.18. The van der Waals surface area contributed by atoms with Gasteiger partial charge in [0.25, 0.3) is 0 Å². The van der Waals surface area contributed by atoms with Crippen molar-refractivity contribution in [2.45, 2.75) is 57.5 Å². The molecule has 5 atom stereocenters. The molecule has 0 saturated heterocycles. The van der Waals surface area contributed by atoms with Gasteiger partial charge in [-0.3, -0.25) is 0 Å². The summed E-state index contributed by atoms with van der Waals surface area (Å²) in [7, 11) is 0. The highest BCUT2D eigenvalue weighted by atomic mass is 15.0. The third-order valence-electron chi connectivity index (χ3n) is 6.80. The van der Waals surface area contributed by atoms with E-state index in [1.54, 1.807) is 17.5 Å². The number of hydrogen-bond acceptors (Lipinski definition) is 1. The third-order valence-corrected chi connectivity index (χ3v) is 6.80. The standard InChI is InChI=1S/C19H25N/c1-11(13-6-5-12-3-2-4-14(12)9-13)20-19-17-15-7-8-16(10-15)18(17)19/h5-6,9,11,15-20H,2-4,7-8,10H2,1H3. The van der Waals surface area contributed by atoms with E-state index >= 15 is 0 Å². The van der Waals surface area contributed by atoms with Gasteiger partial charge in [-0.2, -0.15) is 0 Å². The first kappa shape index (κ1) is 11.8. The Morgan fingerprint density at radius 1 is 1.05 bits per heavy atom. The van der Waals surface area contributed by atoms with Crippen LogP contribution in [-0.2, 0) is 12.8 Å². The van der Waals surface area contributed by atoms with Gasteiger partial charge in [0.15, 0.2) is 0 Å². The second kappa shape index (κ2) is 4.10. The van der Waals surface area contributed by atoms with E-state index in [1.165, 1.54) is 37.7 Å². The highest BCUT2D eigenvalue weighted by Crippen LogP contribution is 2.65. The molecule has 4 aliphatic rings. The predicted molar refractivity (Wildman–Crippen MR) is 81.6 cm³/mol. The number of hydrogen-bond donors (Lipinski definition) is 1. The van der Waals surface area contributed by atoms with E-state index in [9.17, 15) is 0 Å². The van der Waals surface area contributed by atoms with Crippen LogP contribution in [0.15, 0.2) is 18.2 Å². The first-order chi connectivity index (χ1) is 9.81. The zero-order valence-corrected chi connectivity index (χ0v) is 12.4. The number of aryl methyl sites for hydroxylation is 2. The molecule has 2 bridgehead atoms. The largest absolute Gasteiger partial charge is 0.307 e. The molecule has 0 heterocycles. The van der Waals surface area contributed by atoms with Gasteiger partial charge in [0.1, 0.15) is 0 Å². The maximum absolute atomic E-state index is 3.96. The number of nitrogens with one attached hydrogen (secondary N) is 1. The van der Waals surface area contributed by atoms with E-state index in [2.05, 4.69) is 30.4 Å². The van der Waals surface area contributed by atoms with Crippen LogP contribution in [0.1, 0.15) is 55.3 Å². The molecular formula is C19H25N. The van der Waals surface area contributed by atoms with Gasteiger partial charge in [-0.05, 0) is 85.8 Å². The number of benzene rings is 1.